The smallest absolute Gasteiger partial charge is 0.408 e. The molecule has 0 spiro atoms. The van der Waals surface area contributed by atoms with Crippen molar-refractivity contribution in [1.82, 2.24) is 19.4 Å². The van der Waals surface area contributed by atoms with Gasteiger partial charge in [0.2, 0.25) is 15.9 Å². The van der Waals surface area contributed by atoms with E-state index in [4.69, 9.17) is 8.94 Å². The minimum atomic E-state index is -3.74. The topological polar surface area (TPSA) is 120 Å². The summed E-state index contributed by atoms with van der Waals surface area (Å²) in [5, 5.41) is 5.79. The molecule has 0 radical (unpaired) electrons. The zero-order chi connectivity index (χ0) is 20.0. The highest BCUT2D eigenvalue weighted by Gasteiger charge is 2.29. The first-order chi connectivity index (χ1) is 14.0. The van der Waals surface area contributed by atoms with Crippen LogP contribution in [-0.4, -0.2) is 23.1 Å². The fourth-order valence-electron chi connectivity index (χ4n) is 3.00. The molecule has 1 saturated carbocycles. The second kappa shape index (κ2) is 6.94. The van der Waals surface area contributed by atoms with Crippen molar-refractivity contribution in [1.29, 1.82) is 0 Å². The Hall–Kier alpha value is -2.76. The van der Waals surface area contributed by atoms with Crippen molar-refractivity contribution in [3.8, 4) is 0 Å². The molecule has 5 rings (SSSR count). The third kappa shape index (κ3) is 3.63. The Kier molecular flexibility index (Phi) is 4.37. The molecule has 11 heteroatoms. The van der Waals surface area contributed by atoms with Crippen LogP contribution in [0, 0.1) is 0 Å². The van der Waals surface area contributed by atoms with Crippen LogP contribution in [0.3, 0.4) is 0 Å². The monoisotopic (exact) mass is 432 g/mol. The van der Waals surface area contributed by atoms with E-state index in [1.807, 2.05) is 17.5 Å². The fraction of sp³-hybridized carbons (Fsp3) is 0.278. The van der Waals surface area contributed by atoms with Gasteiger partial charge in [0.25, 0.3) is 0 Å². The van der Waals surface area contributed by atoms with Gasteiger partial charge in [0.1, 0.15) is 0 Å². The summed E-state index contributed by atoms with van der Waals surface area (Å²) in [4.78, 5) is 17.5. The van der Waals surface area contributed by atoms with Crippen molar-refractivity contribution in [2.75, 3.05) is 0 Å². The van der Waals surface area contributed by atoms with Gasteiger partial charge in [-0.1, -0.05) is 11.2 Å². The zero-order valence-electron chi connectivity index (χ0n) is 15.1. The van der Waals surface area contributed by atoms with E-state index in [9.17, 15) is 13.2 Å². The summed E-state index contributed by atoms with van der Waals surface area (Å²) in [5.74, 6) is 0.680. The van der Waals surface area contributed by atoms with E-state index in [0.29, 0.717) is 23.1 Å². The summed E-state index contributed by atoms with van der Waals surface area (Å²) in [6, 6.07) is 8.03. The predicted octanol–water partition coefficient (Wildman–Crippen LogP) is 2.44. The van der Waals surface area contributed by atoms with Gasteiger partial charge in [-0.15, -0.1) is 11.3 Å². The number of nitrogens with one attached hydrogen (secondary N) is 1. The third-order valence-corrected chi connectivity index (χ3v) is 6.95. The van der Waals surface area contributed by atoms with Crippen molar-refractivity contribution < 1.29 is 17.4 Å². The number of rotatable bonds is 7. The summed E-state index contributed by atoms with van der Waals surface area (Å²) in [6.45, 7) is 0.287. The molecule has 0 unspecified atom stereocenters. The van der Waals surface area contributed by atoms with Gasteiger partial charge in [-0.05, 0) is 36.4 Å². The van der Waals surface area contributed by atoms with Crippen LogP contribution in [0.1, 0.15) is 35.4 Å². The molecule has 1 aliphatic carbocycles. The van der Waals surface area contributed by atoms with Crippen LogP contribution in [0.4, 0.5) is 0 Å². The van der Waals surface area contributed by atoms with Crippen LogP contribution >= 0.6 is 11.3 Å². The maximum Gasteiger partial charge on any atom is 0.420 e. The van der Waals surface area contributed by atoms with Crippen molar-refractivity contribution in [2.45, 2.75) is 36.7 Å². The Labute approximate surface area is 169 Å². The fourth-order valence-corrected chi connectivity index (χ4v) is 4.75. The van der Waals surface area contributed by atoms with Gasteiger partial charge >= 0.3 is 5.76 Å². The molecule has 1 N–H and O–H groups in total. The largest absolute Gasteiger partial charge is 0.420 e. The molecule has 0 bridgehead atoms. The van der Waals surface area contributed by atoms with Crippen LogP contribution in [0.5, 0.6) is 0 Å². The minimum absolute atomic E-state index is 0.0260. The van der Waals surface area contributed by atoms with E-state index in [1.54, 1.807) is 6.07 Å². The zero-order valence-corrected chi connectivity index (χ0v) is 16.7. The third-order valence-electron chi connectivity index (χ3n) is 4.68. The predicted molar refractivity (Wildman–Crippen MR) is 104 cm³/mol. The van der Waals surface area contributed by atoms with E-state index in [2.05, 4.69) is 14.9 Å². The molecule has 3 heterocycles. The Morgan fingerprint density at radius 2 is 2.14 bits per heavy atom. The van der Waals surface area contributed by atoms with Crippen molar-refractivity contribution in [2.24, 2.45) is 0 Å². The molecule has 4 aromatic rings. The lowest BCUT2D eigenvalue weighted by atomic mass is 10.3. The first-order valence-corrected chi connectivity index (χ1v) is 11.3. The highest BCUT2D eigenvalue weighted by atomic mass is 32.2. The lowest BCUT2D eigenvalue weighted by Gasteiger charge is -2.06. The van der Waals surface area contributed by atoms with Crippen molar-refractivity contribution in [3.63, 3.8) is 0 Å². The second-order valence-electron chi connectivity index (χ2n) is 6.81. The molecule has 1 fully saturated rings. The van der Waals surface area contributed by atoms with Gasteiger partial charge in [-0.2, -0.15) is 4.98 Å². The maximum absolute atomic E-state index is 12.6. The normalized spacial score (nSPS) is 14.6. The second-order valence-corrected chi connectivity index (χ2v) is 9.61. The van der Waals surface area contributed by atoms with Gasteiger partial charge < -0.3 is 8.94 Å². The van der Waals surface area contributed by atoms with Crippen LogP contribution in [0.15, 0.2) is 54.3 Å². The standard InChI is InChI=1S/C18H16N4O5S2/c23-18-22(10-16-20-17(27-21-16)11-3-4-11)14-6-5-13(8-15(14)26-18)29(24,25)19-9-12-2-1-7-28-12/h1-2,5-8,11,19H,3-4,9-10H2. The summed E-state index contributed by atoms with van der Waals surface area (Å²) < 4.78 is 39.5. The van der Waals surface area contributed by atoms with Gasteiger partial charge in [0, 0.05) is 23.4 Å². The number of benzene rings is 1. The molecule has 0 amide bonds. The molecule has 9 nitrogen and oxygen atoms in total. The molecule has 0 saturated heterocycles. The number of hydrogen-bond donors (Lipinski definition) is 1. The van der Waals surface area contributed by atoms with E-state index in [-0.39, 0.29) is 23.6 Å². The number of sulfonamides is 1. The van der Waals surface area contributed by atoms with E-state index in [1.165, 1.54) is 28.0 Å². The molecule has 1 aromatic carbocycles. The number of oxazole rings is 1. The summed E-state index contributed by atoms with van der Waals surface area (Å²) in [6.07, 6.45) is 2.07. The molecule has 1 aliphatic rings. The summed E-state index contributed by atoms with van der Waals surface area (Å²) >= 11 is 1.47. The molecule has 3 aromatic heterocycles. The SMILES string of the molecule is O=c1oc2cc(S(=O)(=O)NCc3cccs3)ccc2n1Cc1noc(C2CC2)n1. The summed E-state index contributed by atoms with van der Waals surface area (Å²) in [5.41, 5.74) is 0.643. The maximum atomic E-state index is 12.6. The lowest BCUT2D eigenvalue weighted by molar-refractivity contribution is 0.372. The quantitative estimate of drug-likeness (QED) is 0.476. The molecular weight excluding hydrogens is 416 g/mol. The Balaban J connectivity index is 1.41. The van der Waals surface area contributed by atoms with Crippen LogP contribution in [0.25, 0.3) is 11.1 Å². The number of thiophene rings is 1. The van der Waals surface area contributed by atoms with Crippen LogP contribution in [0.2, 0.25) is 0 Å². The molecule has 29 heavy (non-hydrogen) atoms. The summed E-state index contributed by atoms with van der Waals surface area (Å²) in [7, 11) is -3.74. The lowest BCUT2D eigenvalue weighted by Crippen LogP contribution is -2.22. The van der Waals surface area contributed by atoms with Gasteiger partial charge in [0.15, 0.2) is 11.4 Å². The van der Waals surface area contributed by atoms with Crippen molar-refractivity contribution in [3.05, 3.63) is 62.9 Å². The van der Waals surface area contributed by atoms with Gasteiger partial charge in [-0.3, -0.25) is 4.57 Å². The Morgan fingerprint density at radius 1 is 1.28 bits per heavy atom. The highest BCUT2D eigenvalue weighted by molar-refractivity contribution is 7.89. The van der Waals surface area contributed by atoms with Crippen LogP contribution in [-0.2, 0) is 23.1 Å². The Bertz CT molecular complexity index is 1330. The average molecular weight is 432 g/mol. The van der Waals surface area contributed by atoms with E-state index < -0.39 is 15.8 Å². The average Bonchev–Trinajstić information content (AvgIpc) is 3.11. The van der Waals surface area contributed by atoms with Gasteiger partial charge in [-0.25, -0.2) is 17.9 Å². The van der Waals surface area contributed by atoms with Crippen molar-refractivity contribution >= 4 is 32.5 Å². The van der Waals surface area contributed by atoms with E-state index in [0.717, 1.165) is 17.7 Å². The number of nitrogens with zero attached hydrogens (tertiary/aromatic N) is 3. The molecule has 0 aliphatic heterocycles. The first kappa shape index (κ1) is 18.3. The first-order valence-electron chi connectivity index (χ1n) is 8.97. The Morgan fingerprint density at radius 3 is 2.90 bits per heavy atom. The van der Waals surface area contributed by atoms with Gasteiger partial charge in [0.05, 0.1) is 17.0 Å². The number of aromatic nitrogens is 3. The van der Waals surface area contributed by atoms with Crippen LogP contribution < -0.4 is 10.5 Å². The molecular formula is C18H16N4O5S2. The number of hydrogen-bond acceptors (Lipinski definition) is 8. The molecule has 150 valence electrons. The number of fused-ring (bicyclic) bond motifs is 1. The molecule has 0 atom stereocenters. The minimum Gasteiger partial charge on any atom is -0.408 e. The van der Waals surface area contributed by atoms with E-state index >= 15 is 0 Å². The highest BCUT2D eigenvalue weighted by Crippen LogP contribution is 2.38.